The van der Waals surface area contributed by atoms with E-state index in [0.29, 0.717) is 48.7 Å². The molecule has 0 N–H and O–H groups in total. The molecular weight excluding hydrogens is 535 g/mol. The normalized spacial score (nSPS) is 15.5. The Balaban J connectivity index is 1.95. The van der Waals surface area contributed by atoms with Crippen LogP contribution >= 0.6 is 34.5 Å². The molecule has 2 heterocycles. The van der Waals surface area contributed by atoms with E-state index >= 15 is 0 Å². The van der Waals surface area contributed by atoms with E-state index < -0.39 is 12.0 Å². The third kappa shape index (κ3) is 5.46. The Hall–Kier alpha value is -3.07. The number of ether oxygens (including phenoxy) is 3. The molecule has 1 atom stereocenters. The summed E-state index contributed by atoms with van der Waals surface area (Å²) in [4.78, 5) is 32.1. The molecule has 37 heavy (non-hydrogen) atoms. The molecule has 1 aromatic heterocycles. The molecule has 3 aromatic rings. The summed E-state index contributed by atoms with van der Waals surface area (Å²) < 4.78 is 18.6. The molecule has 1 aliphatic heterocycles. The van der Waals surface area contributed by atoms with Crippen molar-refractivity contribution < 1.29 is 19.0 Å². The van der Waals surface area contributed by atoms with Crippen molar-refractivity contribution in [3.05, 3.63) is 88.5 Å². The molecule has 0 saturated carbocycles. The van der Waals surface area contributed by atoms with Crippen LogP contribution < -0.4 is 24.4 Å². The molecule has 4 rings (SSSR count). The summed E-state index contributed by atoms with van der Waals surface area (Å²) in [5.41, 5.74) is 1.66. The number of rotatable bonds is 7. The van der Waals surface area contributed by atoms with Gasteiger partial charge in [-0.2, -0.15) is 0 Å². The Morgan fingerprint density at radius 2 is 1.92 bits per heavy atom. The van der Waals surface area contributed by atoms with Crippen LogP contribution in [0.3, 0.4) is 0 Å². The first-order chi connectivity index (χ1) is 17.6. The molecule has 0 spiro atoms. The second-order valence-electron chi connectivity index (χ2n) is 8.55. The maximum absolute atomic E-state index is 13.8. The highest BCUT2D eigenvalue weighted by Crippen LogP contribution is 2.37. The second kappa shape index (κ2) is 11.1. The Morgan fingerprint density at radius 1 is 1.19 bits per heavy atom. The van der Waals surface area contributed by atoms with E-state index in [9.17, 15) is 9.59 Å². The lowest BCUT2D eigenvalue weighted by molar-refractivity contribution is -0.143. The number of fused-ring (bicyclic) bond motifs is 1. The van der Waals surface area contributed by atoms with Gasteiger partial charge in [0.2, 0.25) is 0 Å². The zero-order chi connectivity index (χ0) is 26.9. The van der Waals surface area contributed by atoms with E-state index in [1.165, 1.54) is 23.0 Å². The fourth-order valence-corrected chi connectivity index (χ4v) is 5.57. The Kier molecular flexibility index (Phi) is 8.11. The summed E-state index contributed by atoms with van der Waals surface area (Å²) in [6, 6.07) is 9.56. The van der Waals surface area contributed by atoms with Crippen LogP contribution in [0.4, 0.5) is 0 Å². The lowest BCUT2D eigenvalue weighted by Crippen LogP contribution is -2.40. The van der Waals surface area contributed by atoms with Crippen LogP contribution in [0.2, 0.25) is 10.0 Å². The van der Waals surface area contributed by atoms with Crippen LogP contribution in [0.25, 0.3) is 6.08 Å². The minimum absolute atomic E-state index is 0.248. The van der Waals surface area contributed by atoms with Crippen LogP contribution in [0.1, 0.15) is 44.9 Å². The number of benzene rings is 2. The highest BCUT2D eigenvalue weighted by Gasteiger charge is 2.35. The van der Waals surface area contributed by atoms with Gasteiger partial charge in [-0.25, -0.2) is 9.79 Å². The first-order valence-corrected chi connectivity index (χ1v) is 13.2. The van der Waals surface area contributed by atoms with E-state index in [4.69, 9.17) is 37.4 Å². The highest BCUT2D eigenvalue weighted by molar-refractivity contribution is 7.07. The van der Waals surface area contributed by atoms with E-state index in [1.54, 1.807) is 57.2 Å². The number of hydrogen-bond donors (Lipinski definition) is 0. The van der Waals surface area contributed by atoms with Gasteiger partial charge in [-0.1, -0.05) is 40.6 Å². The summed E-state index contributed by atoms with van der Waals surface area (Å²) in [5.74, 6) is 0.488. The van der Waals surface area contributed by atoms with Gasteiger partial charge in [0, 0.05) is 10.6 Å². The van der Waals surface area contributed by atoms with Crippen molar-refractivity contribution in [1.29, 1.82) is 0 Å². The molecule has 1 aliphatic rings. The molecule has 7 nitrogen and oxygen atoms in total. The molecule has 0 saturated heterocycles. The van der Waals surface area contributed by atoms with E-state index in [-0.39, 0.29) is 17.2 Å². The largest absolute Gasteiger partial charge is 0.496 e. The Bertz CT molecular complexity index is 1570. The van der Waals surface area contributed by atoms with Crippen molar-refractivity contribution in [2.24, 2.45) is 4.99 Å². The highest BCUT2D eigenvalue weighted by atomic mass is 35.5. The number of nitrogens with zero attached hydrogens (tertiary/aromatic N) is 2. The van der Waals surface area contributed by atoms with Gasteiger partial charge >= 0.3 is 5.97 Å². The van der Waals surface area contributed by atoms with Gasteiger partial charge in [-0.3, -0.25) is 9.36 Å². The maximum atomic E-state index is 13.8. The number of esters is 1. The average Bonchev–Trinajstić information content (AvgIpc) is 3.13. The van der Waals surface area contributed by atoms with Gasteiger partial charge in [0.25, 0.3) is 5.56 Å². The van der Waals surface area contributed by atoms with Gasteiger partial charge in [-0.05, 0) is 69.7 Å². The third-order valence-corrected chi connectivity index (χ3v) is 7.14. The van der Waals surface area contributed by atoms with Crippen LogP contribution in [-0.2, 0) is 9.53 Å². The van der Waals surface area contributed by atoms with Crippen molar-refractivity contribution >= 4 is 46.6 Å². The van der Waals surface area contributed by atoms with E-state index in [1.807, 2.05) is 13.0 Å². The van der Waals surface area contributed by atoms with Crippen molar-refractivity contribution in [1.82, 2.24) is 4.57 Å². The fraction of sp³-hybridized carbons (Fsp3) is 0.296. The summed E-state index contributed by atoms with van der Waals surface area (Å²) in [5, 5.41) is 0.882. The number of carbonyl (C=O) groups excluding carboxylic acids is 1. The number of carbonyl (C=O) groups is 1. The molecule has 0 unspecified atom stereocenters. The number of thiazole rings is 1. The van der Waals surface area contributed by atoms with Gasteiger partial charge in [0.05, 0.1) is 40.6 Å². The molecular formula is C27H26Cl2N2O5S. The molecule has 0 aliphatic carbocycles. The molecule has 2 aromatic carbocycles. The molecule has 0 bridgehead atoms. The Labute approximate surface area is 228 Å². The Morgan fingerprint density at radius 3 is 2.57 bits per heavy atom. The molecule has 194 valence electrons. The first-order valence-electron chi connectivity index (χ1n) is 11.6. The van der Waals surface area contributed by atoms with Crippen molar-refractivity contribution in [2.75, 3.05) is 13.7 Å². The molecule has 0 radical (unpaired) electrons. The minimum atomic E-state index is -0.845. The fourth-order valence-electron chi connectivity index (χ4n) is 4.10. The number of hydrogen-bond acceptors (Lipinski definition) is 7. The average molecular weight is 561 g/mol. The van der Waals surface area contributed by atoms with Gasteiger partial charge < -0.3 is 14.2 Å². The lowest BCUT2D eigenvalue weighted by atomic mass is 9.95. The first kappa shape index (κ1) is 27.0. The standard InChI is InChI=1S/C27H26Cl2N2O5S/c1-6-35-21-9-7-16(11-19(21)29)12-22-25(32)31-24(18-13-17(28)8-10-20(18)34-5)23(26(33)36-14(2)3)15(4)30-27(31)37-22/h7-14,24H,6H2,1-5H3/b22-12-/t24-/m0/s1. The van der Waals surface area contributed by atoms with E-state index in [2.05, 4.69) is 4.99 Å². The van der Waals surface area contributed by atoms with Crippen LogP contribution in [0.5, 0.6) is 11.5 Å². The van der Waals surface area contributed by atoms with Crippen molar-refractivity contribution in [2.45, 2.75) is 39.8 Å². The molecule has 0 amide bonds. The number of allylic oxidation sites excluding steroid dienone is 1. The smallest absolute Gasteiger partial charge is 0.338 e. The minimum Gasteiger partial charge on any atom is -0.496 e. The monoisotopic (exact) mass is 560 g/mol. The van der Waals surface area contributed by atoms with Crippen LogP contribution in [0.15, 0.2) is 57.5 Å². The topological polar surface area (TPSA) is 79.1 Å². The molecule has 10 heteroatoms. The van der Waals surface area contributed by atoms with Crippen molar-refractivity contribution in [3.63, 3.8) is 0 Å². The van der Waals surface area contributed by atoms with Gasteiger partial charge in [-0.15, -0.1) is 0 Å². The SMILES string of the molecule is CCOc1ccc(/C=c2\sc3n(c2=O)[C@@H](c2cc(Cl)ccc2OC)C(C(=O)OC(C)C)=C(C)N=3)cc1Cl. The predicted octanol–water partition coefficient (Wildman–Crippen LogP) is 4.90. The predicted molar refractivity (Wildman–Crippen MR) is 146 cm³/mol. The number of halogens is 2. The number of aromatic nitrogens is 1. The van der Waals surface area contributed by atoms with Gasteiger partial charge in [0.15, 0.2) is 4.80 Å². The zero-order valence-electron chi connectivity index (χ0n) is 21.0. The lowest BCUT2D eigenvalue weighted by Gasteiger charge is -2.26. The summed E-state index contributed by atoms with van der Waals surface area (Å²) in [6.45, 7) is 7.62. The quantitative estimate of drug-likeness (QED) is 0.384. The zero-order valence-corrected chi connectivity index (χ0v) is 23.3. The van der Waals surface area contributed by atoms with Crippen molar-refractivity contribution in [3.8, 4) is 11.5 Å². The van der Waals surface area contributed by atoms with Gasteiger partial charge in [0.1, 0.15) is 17.5 Å². The third-order valence-electron chi connectivity index (χ3n) is 5.62. The number of methoxy groups -OCH3 is 1. The summed E-state index contributed by atoms with van der Waals surface area (Å²) in [7, 11) is 1.52. The van der Waals surface area contributed by atoms with Crippen LogP contribution in [-0.4, -0.2) is 30.4 Å². The molecule has 0 fully saturated rings. The van der Waals surface area contributed by atoms with E-state index in [0.717, 1.165) is 5.56 Å². The summed E-state index contributed by atoms with van der Waals surface area (Å²) >= 11 is 13.9. The van der Waals surface area contributed by atoms with Crippen LogP contribution in [0, 0.1) is 0 Å². The maximum Gasteiger partial charge on any atom is 0.338 e. The summed E-state index contributed by atoms with van der Waals surface area (Å²) in [6.07, 6.45) is 1.38. The second-order valence-corrected chi connectivity index (χ2v) is 10.4.